The normalized spacial score (nSPS) is 11.3. The van der Waals surface area contributed by atoms with Crippen LogP contribution in [0, 0.1) is 10.1 Å². The Morgan fingerprint density at radius 3 is 2.45 bits per heavy atom. The van der Waals surface area contributed by atoms with Gasteiger partial charge in [0.1, 0.15) is 11.5 Å². The van der Waals surface area contributed by atoms with Gasteiger partial charge in [-0.2, -0.15) is 0 Å². The highest BCUT2D eigenvalue weighted by Crippen LogP contribution is 2.41. The van der Waals surface area contributed by atoms with Crippen LogP contribution in [-0.2, 0) is 14.1 Å². The zero-order valence-electron chi connectivity index (χ0n) is 17.5. The molecule has 0 aliphatic rings. The van der Waals surface area contributed by atoms with Crippen molar-refractivity contribution in [1.29, 1.82) is 0 Å². The van der Waals surface area contributed by atoms with E-state index in [1.54, 1.807) is 12.1 Å². The third kappa shape index (κ3) is 2.90. The number of fused-ring (bicyclic) bond motifs is 2. The van der Waals surface area contributed by atoms with Crippen LogP contribution in [0.1, 0.15) is 0 Å². The summed E-state index contributed by atoms with van der Waals surface area (Å²) in [4.78, 5) is 41.1. The van der Waals surface area contributed by atoms with Crippen LogP contribution < -0.4 is 17.0 Å². The number of pyridine rings is 1. The van der Waals surface area contributed by atoms with E-state index in [0.29, 0.717) is 27.5 Å². The molecule has 2 aromatic carbocycles. The molecule has 0 spiro atoms. The summed E-state index contributed by atoms with van der Waals surface area (Å²) in [7, 11) is 2.78. The van der Waals surface area contributed by atoms with Crippen LogP contribution in [-0.4, -0.2) is 24.2 Å². The molecule has 0 saturated heterocycles. The number of hydrogen-bond acceptors (Lipinski definition) is 8. The number of nitro groups is 1. The molecule has 11 nitrogen and oxygen atoms in total. The van der Waals surface area contributed by atoms with Crippen LogP contribution in [0.4, 0.5) is 11.5 Å². The molecular formula is C22H16N6O5. The number of nitrogen functional groups attached to an aromatic ring is 1. The summed E-state index contributed by atoms with van der Waals surface area (Å²) in [6.07, 6.45) is 0. The fraction of sp³-hybridized carbons (Fsp3) is 0.0909. The van der Waals surface area contributed by atoms with Crippen molar-refractivity contribution in [3.63, 3.8) is 0 Å². The lowest BCUT2D eigenvalue weighted by atomic mass is 9.95. The largest absolute Gasteiger partial charge is 0.384 e. The topological polar surface area (TPSA) is 152 Å². The fourth-order valence-corrected chi connectivity index (χ4v) is 3.91. The monoisotopic (exact) mass is 444 g/mol. The Hall–Kier alpha value is -4.80. The Bertz CT molecular complexity index is 1720. The van der Waals surface area contributed by atoms with Crippen LogP contribution in [0.2, 0.25) is 0 Å². The fourth-order valence-electron chi connectivity index (χ4n) is 3.91. The second-order valence-corrected chi connectivity index (χ2v) is 7.49. The van der Waals surface area contributed by atoms with Crippen molar-refractivity contribution in [2.45, 2.75) is 0 Å². The minimum atomic E-state index is -0.656. The van der Waals surface area contributed by atoms with Gasteiger partial charge >= 0.3 is 5.69 Å². The van der Waals surface area contributed by atoms with E-state index in [1.807, 2.05) is 18.2 Å². The van der Waals surface area contributed by atoms with E-state index in [-0.39, 0.29) is 28.3 Å². The maximum absolute atomic E-state index is 13.3. The number of anilines is 1. The first-order valence-corrected chi connectivity index (χ1v) is 9.78. The molecule has 33 heavy (non-hydrogen) atoms. The Kier molecular flexibility index (Phi) is 4.34. The quantitative estimate of drug-likeness (QED) is 0.329. The predicted molar refractivity (Wildman–Crippen MR) is 122 cm³/mol. The minimum absolute atomic E-state index is 0.00196. The molecule has 0 fully saturated rings. The molecule has 11 heteroatoms. The number of hydrogen-bond donors (Lipinski definition) is 1. The second-order valence-electron chi connectivity index (χ2n) is 7.49. The van der Waals surface area contributed by atoms with E-state index in [2.05, 4.69) is 10.1 Å². The van der Waals surface area contributed by atoms with Crippen molar-refractivity contribution in [1.82, 2.24) is 19.3 Å². The van der Waals surface area contributed by atoms with Gasteiger partial charge in [-0.1, -0.05) is 35.5 Å². The molecule has 164 valence electrons. The summed E-state index contributed by atoms with van der Waals surface area (Å²) in [6, 6.07) is 13.2. The van der Waals surface area contributed by atoms with E-state index >= 15 is 0 Å². The second kappa shape index (κ2) is 7.12. The van der Waals surface area contributed by atoms with Crippen LogP contribution in [0.15, 0.2) is 62.6 Å². The molecule has 0 aliphatic carbocycles. The van der Waals surface area contributed by atoms with E-state index in [4.69, 9.17) is 10.3 Å². The lowest BCUT2D eigenvalue weighted by Gasteiger charge is -2.14. The standard InChI is InChI=1S/C22H16N6O5/c1-26-19(23)17(21(29)27(2)22(26)30)15-13-10-12(28(31)32)8-9-14(13)24-20-16(15)18(25-33-20)11-6-4-3-5-7-11/h3-10H,23H2,1-2H3. The summed E-state index contributed by atoms with van der Waals surface area (Å²) in [5, 5.41) is 16.3. The number of nitrogens with zero attached hydrogens (tertiary/aromatic N) is 5. The first-order valence-electron chi connectivity index (χ1n) is 9.78. The molecule has 0 amide bonds. The van der Waals surface area contributed by atoms with Gasteiger partial charge in [0, 0.05) is 42.7 Å². The van der Waals surface area contributed by atoms with Crippen molar-refractivity contribution in [3.8, 4) is 22.4 Å². The summed E-state index contributed by atoms with van der Waals surface area (Å²) in [5.74, 6) is -0.0939. The summed E-state index contributed by atoms with van der Waals surface area (Å²) in [5.41, 5.74) is 6.61. The lowest BCUT2D eigenvalue weighted by molar-refractivity contribution is -0.384. The number of nitrogens with two attached hydrogens (primary N) is 1. The van der Waals surface area contributed by atoms with Gasteiger partial charge < -0.3 is 10.3 Å². The highest BCUT2D eigenvalue weighted by Gasteiger charge is 2.26. The summed E-state index contributed by atoms with van der Waals surface area (Å²) < 4.78 is 7.57. The highest BCUT2D eigenvalue weighted by molar-refractivity contribution is 6.14. The molecule has 0 saturated carbocycles. The Labute approximate surface area is 184 Å². The molecule has 2 N–H and O–H groups in total. The molecule has 3 aromatic heterocycles. The molecule has 3 heterocycles. The van der Waals surface area contributed by atoms with Crippen LogP contribution in [0.25, 0.3) is 44.4 Å². The molecule has 5 rings (SSSR count). The lowest BCUT2D eigenvalue weighted by Crippen LogP contribution is -2.39. The van der Waals surface area contributed by atoms with Crippen molar-refractivity contribution in [2.24, 2.45) is 14.1 Å². The summed E-state index contributed by atoms with van der Waals surface area (Å²) in [6.45, 7) is 0. The zero-order chi connectivity index (χ0) is 23.4. The third-order valence-corrected chi connectivity index (χ3v) is 5.61. The van der Waals surface area contributed by atoms with Gasteiger partial charge in [0.2, 0.25) is 0 Å². The number of nitro benzene ring substituents is 1. The molecule has 0 unspecified atom stereocenters. The number of aromatic nitrogens is 4. The van der Waals surface area contributed by atoms with Crippen LogP contribution in [0.5, 0.6) is 0 Å². The van der Waals surface area contributed by atoms with Crippen molar-refractivity contribution in [2.75, 3.05) is 5.73 Å². The van der Waals surface area contributed by atoms with Crippen LogP contribution in [0.3, 0.4) is 0 Å². The molecular weight excluding hydrogens is 428 g/mol. The predicted octanol–water partition coefficient (Wildman–Crippen LogP) is 2.60. The van der Waals surface area contributed by atoms with Gasteiger partial charge in [-0.05, 0) is 6.07 Å². The average Bonchev–Trinajstić information content (AvgIpc) is 3.25. The highest BCUT2D eigenvalue weighted by atomic mass is 16.6. The van der Waals surface area contributed by atoms with Crippen molar-refractivity contribution in [3.05, 3.63) is 79.5 Å². The van der Waals surface area contributed by atoms with E-state index < -0.39 is 16.2 Å². The molecule has 0 bridgehead atoms. The first kappa shape index (κ1) is 20.1. The van der Waals surface area contributed by atoms with Gasteiger partial charge in [0.15, 0.2) is 0 Å². The molecule has 0 aliphatic heterocycles. The number of non-ortho nitro benzene ring substituents is 1. The Morgan fingerprint density at radius 1 is 1.03 bits per heavy atom. The van der Waals surface area contributed by atoms with Crippen LogP contribution >= 0.6 is 0 Å². The van der Waals surface area contributed by atoms with Crippen molar-refractivity contribution >= 4 is 33.5 Å². The van der Waals surface area contributed by atoms with Gasteiger partial charge in [0.05, 0.1) is 21.4 Å². The van der Waals surface area contributed by atoms with Gasteiger partial charge in [-0.25, -0.2) is 9.78 Å². The number of rotatable bonds is 3. The average molecular weight is 444 g/mol. The molecule has 0 atom stereocenters. The van der Waals surface area contributed by atoms with Gasteiger partial charge in [0.25, 0.3) is 17.0 Å². The van der Waals surface area contributed by atoms with Gasteiger partial charge in [-0.15, -0.1) is 0 Å². The molecule has 5 aromatic rings. The zero-order valence-corrected chi connectivity index (χ0v) is 17.5. The SMILES string of the molecule is Cn1c(N)c(-c2c3cc([N+](=O)[O-])ccc3nc3onc(-c4ccccc4)c23)c(=O)n(C)c1=O. The van der Waals surface area contributed by atoms with E-state index in [9.17, 15) is 19.7 Å². The summed E-state index contributed by atoms with van der Waals surface area (Å²) >= 11 is 0. The maximum atomic E-state index is 13.3. The number of benzene rings is 2. The molecule has 0 radical (unpaired) electrons. The maximum Gasteiger partial charge on any atom is 0.332 e. The smallest absolute Gasteiger partial charge is 0.332 e. The Balaban J connectivity index is 2.07. The first-order chi connectivity index (χ1) is 15.8. The Morgan fingerprint density at radius 2 is 1.76 bits per heavy atom. The van der Waals surface area contributed by atoms with Crippen molar-refractivity contribution < 1.29 is 9.45 Å². The minimum Gasteiger partial charge on any atom is -0.384 e. The van der Waals surface area contributed by atoms with Gasteiger partial charge in [-0.3, -0.25) is 24.0 Å². The van der Waals surface area contributed by atoms with E-state index in [1.165, 1.54) is 32.3 Å². The third-order valence-electron chi connectivity index (χ3n) is 5.61. The van der Waals surface area contributed by atoms with E-state index in [0.717, 1.165) is 9.13 Å².